The van der Waals surface area contributed by atoms with Gasteiger partial charge >= 0.3 is 24.3 Å². The van der Waals surface area contributed by atoms with Crippen molar-refractivity contribution in [3.63, 3.8) is 0 Å². The van der Waals surface area contributed by atoms with Crippen molar-refractivity contribution in [2.24, 2.45) is 0 Å². The van der Waals surface area contributed by atoms with Crippen LogP contribution in [0.1, 0.15) is 32.0 Å². The molecule has 40 heavy (non-hydrogen) atoms. The predicted molar refractivity (Wildman–Crippen MR) is 138 cm³/mol. The molecular formula is C25H31F3N6O6. The van der Waals surface area contributed by atoms with E-state index in [0.717, 1.165) is 29.2 Å². The first-order valence-electron chi connectivity index (χ1n) is 12.6. The van der Waals surface area contributed by atoms with Crippen LogP contribution in [0.15, 0.2) is 24.3 Å². The van der Waals surface area contributed by atoms with E-state index >= 15 is 0 Å². The van der Waals surface area contributed by atoms with Gasteiger partial charge in [0.05, 0.1) is 44.6 Å². The summed E-state index contributed by atoms with van der Waals surface area (Å²) in [7, 11) is 0. The van der Waals surface area contributed by atoms with E-state index in [-0.39, 0.29) is 18.2 Å². The number of ether oxygens (including phenoxy) is 2. The van der Waals surface area contributed by atoms with Gasteiger partial charge < -0.3 is 30.1 Å². The molecule has 4 rings (SSSR count). The number of amides is 3. The Balaban J connectivity index is 0.000000559. The Labute approximate surface area is 228 Å². The summed E-state index contributed by atoms with van der Waals surface area (Å²) in [5.41, 5.74) is 3.29. The maximum atomic E-state index is 12.4. The van der Waals surface area contributed by atoms with Crippen LogP contribution in [0.25, 0.3) is 11.4 Å². The van der Waals surface area contributed by atoms with Gasteiger partial charge in [0.1, 0.15) is 5.82 Å². The lowest BCUT2D eigenvalue weighted by Gasteiger charge is -2.35. The second kappa shape index (κ2) is 13.3. The molecule has 0 bridgehead atoms. The Hall–Kier alpha value is -4.14. The van der Waals surface area contributed by atoms with Crippen LogP contribution in [0, 0.1) is 0 Å². The van der Waals surface area contributed by atoms with Crippen LogP contribution in [0.3, 0.4) is 0 Å². The van der Waals surface area contributed by atoms with E-state index < -0.39 is 12.1 Å². The number of anilines is 2. The average Bonchev–Trinajstić information content (AvgIpc) is 3.34. The molecule has 1 saturated heterocycles. The molecule has 218 valence electrons. The Kier molecular flexibility index (Phi) is 10.1. The van der Waals surface area contributed by atoms with Crippen LogP contribution >= 0.6 is 0 Å². The topological polar surface area (TPSA) is 146 Å². The molecule has 0 unspecified atom stereocenters. The van der Waals surface area contributed by atoms with E-state index in [1.165, 1.54) is 0 Å². The largest absolute Gasteiger partial charge is 0.490 e. The fraction of sp³-hybridized carbons (Fsp3) is 0.480. The highest BCUT2D eigenvalue weighted by Gasteiger charge is 2.38. The fourth-order valence-electron chi connectivity index (χ4n) is 4.03. The molecule has 3 amide bonds. The van der Waals surface area contributed by atoms with Gasteiger partial charge in [0.15, 0.2) is 5.82 Å². The Bertz CT molecular complexity index is 1210. The van der Waals surface area contributed by atoms with E-state index in [1.807, 2.05) is 31.2 Å². The first-order chi connectivity index (χ1) is 18.9. The van der Waals surface area contributed by atoms with Gasteiger partial charge in [-0.05, 0) is 45.0 Å². The fourth-order valence-corrected chi connectivity index (χ4v) is 4.03. The lowest BCUT2D eigenvalue weighted by atomic mass is 10.1. The average molecular weight is 569 g/mol. The molecule has 1 aromatic heterocycles. The third-order valence-electron chi connectivity index (χ3n) is 5.91. The molecule has 3 heterocycles. The zero-order valence-electron chi connectivity index (χ0n) is 22.2. The van der Waals surface area contributed by atoms with Gasteiger partial charge in [-0.3, -0.25) is 4.90 Å². The highest BCUT2D eigenvalue weighted by atomic mass is 19.4. The van der Waals surface area contributed by atoms with Crippen molar-refractivity contribution in [2.45, 2.75) is 46.1 Å². The van der Waals surface area contributed by atoms with Crippen molar-refractivity contribution in [1.82, 2.24) is 20.2 Å². The van der Waals surface area contributed by atoms with Crippen molar-refractivity contribution in [2.75, 3.05) is 43.1 Å². The van der Waals surface area contributed by atoms with Crippen LogP contribution in [-0.4, -0.2) is 83.2 Å². The molecule has 2 aliphatic heterocycles. The number of morpholine rings is 1. The van der Waals surface area contributed by atoms with Crippen molar-refractivity contribution in [1.29, 1.82) is 0 Å². The summed E-state index contributed by atoms with van der Waals surface area (Å²) in [6.07, 6.45) is -5.43. The molecule has 2 aromatic rings. The lowest BCUT2D eigenvalue weighted by molar-refractivity contribution is -0.192. The van der Waals surface area contributed by atoms with Gasteiger partial charge in [-0.25, -0.2) is 24.4 Å². The number of fused-ring (bicyclic) bond motifs is 1. The summed E-state index contributed by atoms with van der Waals surface area (Å²) in [6.45, 7) is 9.41. The summed E-state index contributed by atoms with van der Waals surface area (Å²) in [6, 6.07) is 7.32. The van der Waals surface area contributed by atoms with Gasteiger partial charge in [0.2, 0.25) is 0 Å². The van der Waals surface area contributed by atoms with Crippen molar-refractivity contribution < 1.29 is 42.1 Å². The van der Waals surface area contributed by atoms with Gasteiger partial charge in [-0.2, -0.15) is 13.2 Å². The maximum absolute atomic E-state index is 12.4. The summed E-state index contributed by atoms with van der Waals surface area (Å²) in [5.74, 6) is -1.34. The molecule has 1 atom stereocenters. The van der Waals surface area contributed by atoms with E-state index in [0.29, 0.717) is 51.0 Å². The number of carboxylic acid groups (broad SMARTS) is 1. The number of carbonyl (C=O) groups excluding carboxylic acids is 2. The number of rotatable bonds is 5. The first kappa shape index (κ1) is 30.4. The second-order valence-corrected chi connectivity index (χ2v) is 8.83. The summed E-state index contributed by atoms with van der Waals surface area (Å²) in [4.78, 5) is 46.7. The van der Waals surface area contributed by atoms with Gasteiger partial charge in [-0.1, -0.05) is 0 Å². The molecule has 0 spiro atoms. The van der Waals surface area contributed by atoms with E-state index in [2.05, 4.69) is 22.5 Å². The molecule has 15 heteroatoms. The number of carbonyl (C=O) groups is 3. The normalized spacial score (nSPS) is 16.4. The third kappa shape index (κ3) is 7.71. The quantitative estimate of drug-likeness (QED) is 0.492. The second-order valence-electron chi connectivity index (χ2n) is 8.83. The van der Waals surface area contributed by atoms with Crippen LogP contribution in [0.2, 0.25) is 0 Å². The van der Waals surface area contributed by atoms with E-state index in [9.17, 15) is 22.8 Å². The molecule has 12 nitrogen and oxygen atoms in total. The molecule has 0 saturated carbocycles. The number of alkyl halides is 3. The Morgan fingerprint density at radius 3 is 2.40 bits per heavy atom. The van der Waals surface area contributed by atoms with Gasteiger partial charge in [0.25, 0.3) is 0 Å². The molecule has 1 fully saturated rings. The zero-order chi connectivity index (χ0) is 29.4. The van der Waals surface area contributed by atoms with E-state index in [1.54, 1.807) is 11.8 Å². The smallest absolute Gasteiger partial charge is 0.475 e. The highest BCUT2D eigenvalue weighted by molar-refractivity contribution is 5.89. The summed E-state index contributed by atoms with van der Waals surface area (Å²) >= 11 is 0. The summed E-state index contributed by atoms with van der Waals surface area (Å²) in [5, 5.41) is 12.6. The Morgan fingerprint density at radius 2 is 1.82 bits per heavy atom. The van der Waals surface area contributed by atoms with Gasteiger partial charge in [-0.15, -0.1) is 0 Å². The standard InChI is InChI=1S/C23H30N6O4.C2HF3O2/c1-4-24-22(30)25-17-8-6-16(7-9-17)20-26-19-13-28(23(31)33-5-2)12-18(19)21(27-20)29-10-11-32-14-15(29)3;3-2(4,5)1(6)7/h6-9,15H,4-5,10-14H2,1-3H3,(H2,24,25,30);(H,6,7)/t15-;/m0./s1. The molecular weight excluding hydrogens is 537 g/mol. The number of aromatic nitrogens is 2. The van der Waals surface area contributed by atoms with Crippen LogP contribution in [0.4, 0.5) is 34.3 Å². The number of nitrogens with one attached hydrogen (secondary N) is 2. The number of carboxylic acids is 1. The molecule has 2 aliphatic rings. The summed E-state index contributed by atoms with van der Waals surface area (Å²) < 4.78 is 42.6. The minimum absolute atomic E-state index is 0.158. The molecule has 1 aromatic carbocycles. The number of aliphatic carboxylic acids is 1. The number of hydrogen-bond donors (Lipinski definition) is 3. The third-order valence-corrected chi connectivity index (χ3v) is 5.91. The van der Waals surface area contributed by atoms with Crippen LogP contribution in [-0.2, 0) is 27.4 Å². The minimum Gasteiger partial charge on any atom is -0.475 e. The maximum Gasteiger partial charge on any atom is 0.490 e. The van der Waals surface area contributed by atoms with Crippen molar-refractivity contribution >= 4 is 29.6 Å². The number of hydrogen-bond acceptors (Lipinski definition) is 8. The van der Waals surface area contributed by atoms with Crippen LogP contribution in [0.5, 0.6) is 0 Å². The number of urea groups is 1. The molecule has 0 aliphatic carbocycles. The zero-order valence-corrected chi connectivity index (χ0v) is 22.2. The predicted octanol–water partition coefficient (Wildman–Crippen LogP) is 3.62. The Morgan fingerprint density at radius 1 is 1.15 bits per heavy atom. The van der Waals surface area contributed by atoms with Gasteiger partial charge in [0, 0.05) is 29.9 Å². The monoisotopic (exact) mass is 568 g/mol. The molecule has 0 radical (unpaired) electrons. The van der Waals surface area contributed by atoms with Crippen molar-refractivity contribution in [3.05, 3.63) is 35.5 Å². The number of benzene rings is 1. The number of nitrogens with zero attached hydrogens (tertiary/aromatic N) is 4. The minimum atomic E-state index is -5.08. The SMILES string of the molecule is CCNC(=O)Nc1ccc(-c2nc3c(c(N4CCOC[C@@H]4C)n2)CN(C(=O)OCC)C3)cc1.O=C(O)C(F)(F)F. The number of halogens is 3. The first-order valence-corrected chi connectivity index (χ1v) is 12.6. The lowest BCUT2D eigenvalue weighted by Crippen LogP contribution is -2.44. The van der Waals surface area contributed by atoms with Crippen molar-refractivity contribution in [3.8, 4) is 11.4 Å². The highest BCUT2D eigenvalue weighted by Crippen LogP contribution is 2.34. The van der Waals surface area contributed by atoms with Crippen LogP contribution < -0.4 is 15.5 Å². The van der Waals surface area contributed by atoms with E-state index in [4.69, 9.17) is 29.3 Å². The molecule has 3 N–H and O–H groups in total.